The third-order valence-corrected chi connectivity index (χ3v) is 7.94. The van der Waals surface area contributed by atoms with Crippen LogP contribution in [0, 0.1) is 5.82 Å². The standard InChI is InChI=1S/C27H32FN5O/c1-32(20-7-10-33(11-8-20)21-14-29-15-21)16-17-2-4-18(5-3-17)26-22-6-9-30-27(34)23-12-19(28)13-24(31-26)25(22)23/h2-5,12-13,20-21,29,31H,6-11,14-16H2,1H3,(H,30,34). The van der Waals surface area contributed by atoms with E-state index in [1.807, 2.05) is 0 Å². The predicted octanol–water partition coefficient (Wildman–Crippen LogP) is 3.13. The first kappa shape index (κ1) is 21.8. The molecule has 0 spiro atoms. The van der Waals surface area contributed by atoms with E-state index < -0.39 is 5.82 Å². The number of likely N-dealkylation sites (tertiary alicyclic amines) is 1. The zero-order valence-electron chi connectivity index (χ0n) is 19.7. The van der Waals surface area contributed by atoms with E-state index in [9.17, 15) is 9.18 Å². The Morgan fingerprint density at radius 2 is 1.88 bits per heavy atom. The van der Waals surface area contributed by atoms with Crippen molar-refractivity contribution in [2.75, 3.05) is 39.8 Å². The SMILES string of the molecule is CN(Cc1ccc(-c2[nH]c3cc(F)cc4c3c2CCNC4=O)cc1)C1CCN(C2CNC2)CC1. The van der Waals surface area contributed by atoms with Gasteiger partial charge in [0.15, 0.2) is 0 Å². The lowest BCUT2D eigenvalue weighted by molar-refractivity contribution is 0.0729. The molecular weight excluding hydrogens is 429 g/mol. The van der Waals surface area contributed by atoms with Gasteiger partial charge in [-0.05, 0) is 55.1 Å². The molecule has 0 bridgehead atoms. The van der Waals surface area contributed by atoms with Crippen molar-refractivity contribution in [3.63, 3.8) is 0 Å². The Hall–Kier alpha value is -2.74. The van der Waals surface area contributed by atoms with E-state index in [1.165, 1.54) is 43.6 Å². The van der Waals surface area contributed by atoms with Gasteiger partial charge in [0, 0.05) is 67.9 Å². The Balaban J connectivity index is 1.18. The second-order valence-corrected chi connectivity index (χ2v) is 10.1. The van der Waals surface area contributed by atoms with Gasteiger partial charge >= 0.3 is 0 Å². The molecule has 2 aromatic carbocycles. The molecule has 2 fully saturated rings. The van der Waals surface area contributed by atoms with Gasteiger partial charge in [-0.3, -0.25) is 14.6 Å². The number of rotatable bonds is 5. The lowest BCUT2D eigenvalue weighted by Gasteiger charge is -2.44. The summed E-state index contributed by atoms with van der Waals surface area (Å²) < 4.78 is 14.2. The Kier molecular flexibility index (Phi) is 5.63. The Morgan fingerprint density at radius 1 is 1.12 bits per heavy atom. The topological polar surface area (TPSA) is 63.4 Å². The van der Waals surface area contributed by atoms with Crippen molar-refractivity contribution in [2.24, 2.45) is 0 Å². The minimum absolute atomic E-state index is 0.206. The Morgan fingerprint density at radius 3 is 2.59 bits per heavy atom. The van der Waals surface area contributed by atoms with Crippen molar-refractivity contribution in [2.45, 2.75) is 37.9 Å². The van der Waals surface area contributed by atoms with Crippen LogP contribution in [0.15, 0.2) is 36.4 Å². The largest absolute Gasteiger partial charge is 0.354 e. The monoisotopic (exact) mass is 461 g/mol. The molecule has 0 saturated carbocycles. The van der Waals surface area contributed by atoms with E-state index in [1.54, 1.807) is 0 Å². The highest BCUT2D eigenvalue weighted by Crippen LogP contribution is 2.35. The number of piperidine rings is 1. The Bertz CT molecular complexity index is 1210. The third-order valence-electron chi connectivity index (χ3n) is 7.94. The third kappa shape index (κ3) is 3.91. The normalized spacial score (nSPS) is 19.9. The van der Waals surface area contributed by atoms with Gasteiger partial charge in [-0.2, -0.15) is 0 Å². The number of carbonyl (C=O) groups excluding carboxylic acids is 1. The Labute approximate surface area is 199 Å². The molecule has 0 aliphatic carbocycles. The van der Waals surface area contributed by atoms with Crippen molar-refractivity contribution in [1.29, 1.82) is 0 Å². The first-order valence-corrected chi connectivity index (χ1v) is 12.4. The average Bonchev–Trinajstić information content (AvgIpc) is 3.07. The molecule has 0 atom stereocenters. The molecule has 3 aliphatic heterocycles. The fraction of sp³-hybridized carbons (Fsp3) is 0.444. The average molecular weight is 462 g/mol. The first-order chi connectivity index (χ1) is 16.6. The minimum Gasteiger partial charge on any atom is -0.354 e. The summed E-state index contributed by atoms with van der Waals surface area (Å²) in [6.45, 7) is 6.17. The lowest BCUT2D eigenvalue weighted by atomic mass is 9.98. The zero-order chi connectivity index (χ0) is 23.2. The molecule has 1 amide bonds. The molecular formula is C27H32FN5O. The number of amides is 1. The molecule has 6 nitrogen and oxygen atoms in total. The van der Waals surface area contributed by atoms with E-state index in [-0.39, 0.29) is 5.91 Å². The quantitative estimate of drug-likeness (QED) is 0.546. The number of aromatic nitrogens is 1. The van der Waals surface area contributed by atoms with Crippen LogP contribution in [0.2, 0.25) is 0 Å². The van der Waals surface area contributed by atoms with Crippen LogP contribution >= 0.6 is 0 Å². The lowest BCUT2D eigenvalue weighted by Crippen LogP contribution is -2.59. The highest BCUT2D eigenvalue weighted by atomic mass is 19.1. The molecule has 0 radical (unpaired) electrons. The van der Waals surface area contributed by atoms with Crippen molar-refractivity contribution in [3.8, 4) is 11.3 Å². The molecule has 2 saturated heterocycles. The van der Waals surface area contributed by atoms with Crippen LogP contribution in [0.25, 0.3) is 22.2 Å². The molecule has 3 N–H and O–H groups in total. The summed E-state index contributed by atoms with van der Waals surface area (Å²) >= 11 is 0. The summed E-state index contributed by atoms with van der Waals surface area (Å²) in [6.07, 6.45) is 3.18. The number of benzene rings is 2. The van der Waals surface area contributed by atoms with E-state index in [0.717, 1.165) is 54.3 Å². The maximum Gasteiger partial charge on any atom is 0.252 e. The van der Waals surface area contributed by atoms with E-state index >= 15 is 0 Å². The highest BCUT2D eigenvalue weighted by Gasteiger charge is 2.30. The van der Waals surface area contributed by atoms with Gasteiger partial charge in [0.25, 0.3) is 5.91 Å². The second kappa shape index (κ2) is 8.80. The number of nitrogens with one attached hydrogen (secondary N) is 3. The molecule has 7 heteroatoms. The van der Waals surface area contributed by atoms with Crippen LogP contribution in [-0.2, 0) is 13.0 Å². The van der Waals surface area contributed by atoms with Crippen molar-refractivity contribution >= 4 is 16.8 Å². The summed E-state index contributed by atoms with van der Waals surface area (Å²) in [4.78, 5) is 21.0. The molecule has 6 rings (SSSR count). The molecule has 178 valence electrons. The second-order valence-electron chi connectivity index (χ2n) is 10.1. The van der Waals surface area contributed by atoms with Crippen LogP contribution in [0.5, 0.6) is 0 Å². The number of hydrogen-bond acceptors (Lipinski definition) is 4. The van der Waals surface area contributed by atoms with Gasteiger partial charge < -0.3 is 15.6 Å². The van der Waals surface area contributed by atoms with E-state index in [0.29, 0.717) is 23.7 Å². The van der Waals surface area contributed by atoms with Crippen LogP contribution in [0.4, 0.5) is 4.39 Å². The number of halogens is 1. The maximum atomic E-state index is 14.2. The smallest absolute Gasteiger partial charge is 0.252 e. The van der Waals surface area contributed by atoms with Crippen LogP contribution in [0.1, 0.15) is 34.3 Å². The van der Waals surface area contributed by atoms with E-state index in [4.69, 9.17) is 0 Å². The van der Waals surface area contributed by atoms with Crippen LogP contribution in [-0.4, -0.2) is 72.5 Å². The molecule has 0 unspecified atom stereocenters. The van der Waals surface area contributed by atoms with E-state index in [2.05, 4.69) is 56.7 Å². The molecule has 4 heterocycles. The summed E-state index contributed by atoms with van der Waals surface area (Å²) in [5.74, 6) is -0.602. The summed E-state index contributed by atoms with van der Waals surface area (Å²) in [7, 11) is 2.24. The summed E-state index contributed by atoms with van der Waals surface area (Å²) in [5.41, 5.74) is 5.54. The molecule has 3 aliphatic rings. The maximum absolute atomic E-state index is 14.2. The van der Waals surface area contributed by atoms with Gasteiger partial charge in [0.2, 0.25) is 0 Å². The number of H-pyrrole nitrogens is 1. The van der Waals surface area contributed by atoms with Gasteiger partial charge in [-0.15, -0.1) is 0 Å². The number of aromatic amines is 1. The van der Waals surface area contributed by atoms with Crippen molar-refractivity contribution in [3.05, 3.63) is 58.9 Å². The van der Waals surface area contributed by atoms with Crippen molar-refractivity contribution in [1.82, 2.24) is 25.4 Å². The fourth-order valence-electron chi connectivity index (χ4n) is 5.85. The zero-order valence-corrected chi connectivity index (χ0v) is 19.7. The van der Waals surface area contributed by atoms with Gasteiger partial charge in [0.1, 0.15) is 5.82 Å². The summed E-state index contributed by atoms with van der Waals surface area (Å²) in [6, 6.07) is 12.9. The van der Waals surface area contributed by atoms with Gasteiger partial charge in [-0.25, -0.2) is 4.39 Å². The number of nitrogens with zero attached hydrogens (tertiary/aromatic N) is 2. The van der Waals surface area contributed by atoms with Crippen LogP contribution < -0.4 is 10.6 Å². The fourth-order valence-corrected chi connectivity index (χ4v) is 5.85. The van der Waals surface area contributed by atoms with Gasteiger partial charge in [0.05, 0.1) is 5.56 Å². The highest BCUT2D eigenvalue weighted by molar-refractivity contribution is 6.10. The predicted molar refractivity (Wildman–Crippen MR) is 132 cm³/mol. The van der Waals surface area contributed by atoms with Crippen LogP contribution in [0.3, 0.4) is 0 Å². The number of carbonyl (C=O) groups is 1. The first-order valence-electron chi connectivity index (χ1n) is 12.4. The molecule has 1 aromatic heterocycles. The summed E-state index contributed by atoms with van der Waals surface area (Å²) in [5, 5.41) is 7.12. The molecule has 34 heavy (non-hydrogen) atoms. The number of hydrogen-bond donors (Lipinski definition) is 3. The van der Waals surface area contributed by atoms with Gasteiger partial charge in [-0.1, -0.05) is 24.3 Å². The van der Waals surface area contributed by atoms with Crippen molar-refractivity contribution < 1.29 is 9.18 Å². The molecule has 3 aromatic rings. The minimum atomic E-state index is -0.396.